The lowest BCUT2D eigenvalue weighted by Crippen LogP contribution is -2.15. The number of carbonyl (C=O) groups excluding carboxylic acids is 1. The van der Waals surface area contributed by atoms with E-state index in [-0.39, 0.29) is 11.8 Å². The molecule has 4 heteroatoms. The summed E-state index contributed by atoms with van der Waals surface area (Å²) in [4.78, 5) is 16.2. The molecular weight excluding hydrogens is 260 g/mol. The zero-order valence-corrected chi connectivity index (χ0v) is 11.0. The molecule has 0 aliphatic heterocycles. The van der Waals surface area contributed by atoms with E-state index in [0.29, 0.717) is 16.8 Å². The Hall–Kier alpha value is -1.87. The summed E-state index contributed by atoms with van der Waals surface area (Å²) in [5, 5.41) is 3.26. The average Bonchev–Trinajstić information content (AvgIpc) is 3.23. The molecule has 0 bridgehead atoms. The Morgan fingerprint density at radius 1 is 1.21 bits per heavy atom. The molecule has 1 heterocycles. The molecule has 3 nitrogen and oxygen atoms in total. The van der Waals surface area contributed by atoms with Gasteiger partial charge in [0.1, 0.15) is 0 Å². The number of nitrogens with one attached hydrogen (secondary N) is 1. The number of rotatable bonds is 3. The smallest absolute Gasteiger partial charge is 0.229 e. The third kappa shape index (κ3) is 2.61. The molecule has 0 radical (unpaired) electrons. The van der Waals surface area contributed by atoms with Crippen molar-refractivity contribution < 1.29 is 4.79 Å². The zero-order valence-electron chi connectivity index (χ0n) is 10.2. The maximum absolute atomic E-state index is 12.1. The summed E-state index contributed by atoms with van der Waals surface area (Å²) in [7, 11) is 0. The van der Waals surface area contributed by atoms with Gasteiger partial charge >= 0.3 is 0 Å². The molecule has 1 N–H and O–H groups in total. The topological polar surface area (TPSA) is 42.0 Å². The summed E-state index contributed by atoms with van der Waals surface area (Å²) in [6.07, 6.45) is 2.50. The first-order chi connectivity index (χ1) is 9.25. The predicted molar refractivity (Wildman–Crippen MR) is 75.2 cm³/mol. The molecule has 1 aliphatic rings. The molecule has 1 fully saturated rings. The van der Waals surface area contributed by atoms with Crippen LogP contribution in [0.3, 0.4) is 0 Å². The lowest BCUT2D eigenvalue weighted by atomic mass is 10.1. The molecule has 1 aromatic heterocycles. The van der Waals surface area contributed by atoms with Gasteiger partial charge in [0.25, 0.3) is 0 Å². The third-order valence-corrected chi connectivity index (χ3v) is 3.66. The van der Waals surface area contributed by atoms with E-state index in [1.54, 1.807) is 18.3 Å². The Bertz CT molecular complexity index is 600. The van der Waals surface area contributed by atoms with Gasteiger partial charge in [0, 0.05) is 12.1 Å². The Labute approximate surface area is 116 Å². The van der Waals surface area contributed by atoms with E-state index in [9.17, 15) is 4.79 Å². The van der Waals surface area contributed by atoms with Crippen LogP contribution in [0, 0.1) is 5.92 Å². The number of halogens is 1. The molecule has 19 heavy (non-hydrogen) atoms. The molecule has 2 aromatic rings. The molecule has 1 saturated carbocycles. The third-order valence-electron chi connectivity index (χ3n) is 3.36. The molecule has 1 amide bonds. The number of amides is 1. The molecule has 1 aliphatic carbocycles. The van der Waals surface area contributed by atoms with E-state index in [0.717, 1.165) is 6.42 Å². The largest absolute Gasteiger partial charge is 0.309 e. The lowest BCUT2D eigenvalue weighted by molar-refractivity contribution is -0.117. The van der Waals surface area contributed by atoms with E-state index in [1.165, 1.54) is 5.56 Å². The molecule has 0 saturated heterocycles. The monoisotopic (exact) mass is 272 g/mol. The van der Waals surface area contributed by atoms with Crippen LogP contribution in [0.1, 0.15) is 17.9 Å². The van der Waals surface area contributed by atoms with Crippen LogP contribution in [-0.2, 0) is 4.79 Å². The number of anilines is 1. The second-order valence-electron chi connectivity index (χ2n) is 4.68. The van der Waals surface area contributed by atoms with Crippen molar-refractivity contribution in [1.82, 2.24) is 4.98 Å². The minimum absolute atomic E-state index is 0.00514. The van der Waals surface area contributed by atoms with Crippen molar-refractivity contribution in [3.8, 4) is 0 Å². The van der Waals surface area contributed by atoms with Gasteiger partial charge in [-0.15, -0.1) is 0 Å². The van der Waals surface area contributed by atoms with Gasteiger partial charge in [-0.2, -0.15) is 0 Å². The van der Waals surface area contributed by atoms with Crippen molar-refractivity contribution in [3.05, 3.63) is 59.2 Å². The molecule has 3 rings (SSSR count). The lowest BCUT2D eigenvalue weighted by Gasteiger charge is -2.05. The van der Waals surface area contributed by atoms with Crippen molar-refractivity contribution in [2.24, 2.45) is 5.92 Å². The normalized spacial score (nSPS) is 20.9. The van der Waals surface area contributed by atoms with Gasteiger partial charge in [-0.05, 0) is 30.0 Å². The number of aromatic nitrogens is 1. The molecular formula is C15H13ClN2O. The number of carbonyl (C=O) groups is 1. The summed E-state index contributed by atoms with van der Waals surface area (Å²) in [5.41, 5.74) is 1.22. The van der Waals surface area contributed by atoms with E-state index >= 15 is 0 Å². The second-order valence-corrected chi connectivity index (χ2v) is 5.09. The molecule has 96 valence electrons. The summed E-state index contributed by atoms with van der Waals surface area (Å²) < 4.78 is 0. The summed E-state index contributed by atoms with van der Waals surface area (Å²) in [5.74, 6) is 0.784. The number of hydrogen-bond donors (Lipinski definition) is 1. The van der Waals surface area contributed by atoms with Gasteiger partial charge in [-0.3, -0.25) is 4.79 Å². The van der Waals surface area contributed by atoms with Crippen molar-refractivity contribution in [2.45, 2.75) is 12.3 Å². The van der Waals surface area contributed by atoms with E-state index in [2.05, 4.69) is 22.4 Å². The number of hydrogen-bond acceptors (Lipinski definition) is 2. The standard InChI is InChI=1S/C15H13ClN2O/c16-13-7-4-8-17-14(13)18-15(19)12-9-11(12)10-5-2-1-3-6-10/h1-8,11-12H,9H2,(H,17,18,19)/t11-,12+/m1/s1. The SMILES string of the molecule is O=C(Nc1ncccc1Cl)[C@H]1C[C@@H]1c1ccccc1. The predicted octanol–water partition coefficient (Wildman–Crippen LogP) is 3.48. The zero-order chi connectivity index (χ0) is 13.2. The van der Waals surface area contributed by atoms with Crippen LogP contribution >= 0.6 is 11.6 Å². The van der Waals surface area contributed by atoms with Crippen molar-refractivity contribution >= 4 is 23.3 Å². The Balaban J connectivity index is 1.66. The highest BCUT2D eigenvalue weighted by atomic mass is 35.5. The van der Waals surface area contributed by atoms with Gasteiger partial charge in [0.15, 0.2) is 5.82 Å². The average molecular weight is 273 g/mol. The van der Waals surface area contributed by atoms with E-state index in [1.807, 2.05) is 18.2 Å². The van der Waals surface area contributed by atoms with Gasteiger partial charge in [0.2, 0.25) is 5.91 Å². The number of benzene rings is 1. The van der Waals surface area contributed by atoms with Crippen molar-refractivity contribution in [1.29, 1.82) is 0 Å². The maximum atomic E-state index is 12.1. The second kappa shape index (κ2) is 5.02. The van der Waals surface area contributed by atoms with Gasteiger partial charge in [-0.1, -0.05) is 41.9 Å². The highest BCUT2D eigenvalue weighted by molar-refractivity contribution is 6.33. The first kappa shape index (κ1) is 12.2. The molecule has 2 atom stereocenters. The maximum Gasteiger partial charge on any atom is 0.229 e. The molecule has 0 spiro atoms. The van der Waals surface area contributed by atoms with Gasteiger partial charge < -0.3 is 5.32 Å². The summed E-state index contributed by atoms with van der Waals surface area (Å²) in [6, 6.07) is 13.6. The van der Waals surface area contributed by atoms with Crippen LogP contribution in [-0.4, -0.2) is 10.9 Å². The van der Waals surface area contributed by atoms with Crippen molar-refractivity contribution in [2.75, 3.05) is 5.32 Å². The fourth-order valence-electron chi connectivity index (χ4n) is 2.24. The fourth-order valence-corrected chi connectivity index (χ4v) is 2.41. The highest BCUT2D eigenvalue weighted by Gasteiger charge is 2.43. The van der Waals surface area contributed by atoms with Gasteiger partial charge in [0.05, 0.1) is 5.02 Å². The van der Waals surface area contributed by atoms with Crippen LogP contribution in [0.2, 0.25) is 5.02 Å². The first-order valence-corrected chi connectivity index (χ1v) is 6.60. The van der Waals surface area contributed by atoms with Crippen LogP contribution in [0.15, 0.2) is 48.7 Å². The van der Waals surface area contributed by atoms with Crippen LogP contribution < -0.4 is 5.32 Å². The fraction of sp³-hybridized carbons (Fsp3) is 0.200. The van der Waals surface area contributed by atoms with Gasteiger partial charge in [-0.25, -0.2) is 4.98 Å². The molecule has 1 aromatic carbocycles. The molecule has 0 unspecified atom stereocenters. The number of nitrogens with zero attached hydrogens (tertiary/aromatic N) is 1. The van der Waals surface area contributed by atoms with E-state index < -0.39 is 0 Å². The van der Waals surface area contributed by atoms with E-state index in [4.69, 9.17) is 11.6 Å². The van der Waals surface area contributed by atoms with Crippen LogP contribution in [0.4, 0.5) is 5.82 Å². The highest BCUT2D eigenvalue weighted by Crippen LogP contribution is 2.47. The Kier molecular flexibility index (Phi) is 3.22. The van der Waals surface area contributed by atoms with Crippen molar-refractivity contribution in [3.63, 3.8) is 0 Å². The minimum Gasteiger partial charge on any atom is -0.309 e. The quantitative estimate of drug-likeness (QED) is 0.929. The summed E-state index contributed by atoms with van der Waals surface area (Å²) in [6.45, 7) is 0. The van der Waals surface area contributed by atoms with Crippen LogP contribution in [0.5, 0.6) is 0 Å². The minimum atomic E-state index is -0.00514. The Morgan fingerprint density at radius 3 is 2.74 bits per heavy atom. The Morgan fingerprint density at radius 2 is 2.00 bits per heavy atom. The summed E-state index contributed by atoms with van der Waals surface area (Å²) >= 11 is 5.97. The first-order valence-electron chi connectivity index (χ1n) is 6.22. The van der Waals surface area contributed by atoms with Crippen LogP contribution in [0.25, 0.3) is 0 Å². The number of pyridine rings is 1.